The van der Waals surface area contributed by atoms with Gasteiger partial charge in [0.25, 0.3) is 0 Å². The molecule has 4 aromatic carbocycles. The van der Waals surface area contributed by atoms with Crippen molar-refractivity contribution in [1.82, 2.24) is 0 Å². The van der Waals surface area contributed by atoms with Crippen LogP contribution in [0, 0.1) is 6.92 Å². The van der Waals surface area contributed by atoms with Crippen LogP contribution in [0.25, 0.3) is 38.9 Å². The van der Waals surface area contributed by atoms with Crippen molar-refractivity contribution in [2.75, 3.05) is 14.1 Å². The molecule has 1 aliphatic carbocycles. The minimum Gasteiger partial charge on any atom is -0.228 e. The largest absolute Gasteiger partial charge is 0.345 e. The Labute approximate surface area is 300 Å². The van der Waals surface area contributed by atoms with E-state index in [9.17, 15) is 0 Å². The Morgan fingerprint density at radius 3 is 2.12 bits per heavy atom. The van der Waals surface area contributed by atoms with Gasteiger partial charge in [-0.2, -0.15) is 0 Å². The van der Waals surface area contributed by atoms with E-state index >= 15 is 0 Å². The fraction of sp³-hybridized carbons (Fsp3) is 0.354. The molecule has 3 heterocycles. The van der Waals surface area contributed by atoms with Gasteiger partial charge in [0.05, 0.1) is 19.7 Å². The van der Waals surface area contributed by atoms with Crippen LogP contribution in [0.5, 0.6) is 0 Å². The van der Waals surface area contributed by atoms with Crippen LogP contribution >= 0.6 is 0 Å². The van der Waals surface area contributed by atoms with Crippen molar-refractivity contribution in [2.24, 2.45) is 0 Å². The zero-order valence-electron chi connectivity index (χ0n) is 32.3. The average molecular weight is 659 g/mol. The predicted molar refractivity (Wildman–Crippen MR) is 211 cm³/mol. The lowest BCUT2D eigenvalue weighted by Gasteiger charge is -2.43. The van der Waals surface area contributed by atoms with Gasteiger partial charge in [0, 0.05) is 29.2 Å². The van der Waals surface area contributed by atoms with Crippen LogP contribution in [0.2, 0.25) is 0 Å². The SMILES string of the molecule is C/C=C1/c2cc(C(C)(C)C)ccc2C/C=C\C2(c3ccc4c(c3-c3cc(C(C)(C)C)cc[n+]32)C(C)(C)c2c-4ccc3cc(C)ccc23)[N+]1(C)C. The number of quaternary nitrogens is 1. The first-order chi connectivity index (χ1) is 23.4. The predicted octanol–water partition coefficient (Wildman–Crippen LogP) is 11.3. The van der Waals surface area contributed by atoms with Gasteiger partial charge in [-0.05, 0) is 99.0 Å². The van der Waals surface area contributed by atoms with Crippen LogP contribution in [0.15, 0.2) is 97.2 Å². The standard InChI is InChI=1S/C48H54N2/c1-13-41-38-28-33(45(3,4)5)19-17-31(38)15-14-25-48(50(41,11)12)39-23-22-37-36-21-18-32-27-30(2)16-20-35(32)43(36)47(9,10)44(37)42(39)40-29-34(46(6,7)8)24-26-49(40)48/h13-14,16-29H,15H2,1-12H3/q+2/b25-14-,41-13-. The van der Waals surface area contributed by atoms with Gasteiger partial charge >= 0.3 is 5.66 Å². The number of aromatic nitrogens is 1. The first-order valence-electron chi connectivity index (χ1n) is 18.5. The summed E-state index contributed by atoms with van der Waals surface area (Å²) in [6.45, 7) is 23.4. The number of hydrogen-bond acceptors (Lipinski definition) is 0. The molecule has 1 atom stereocenters. The lowest BCUT2D eigenvalue weighted by atomic mass is 9.76. The highest BCUT2D eigenvalue weighted by molar-refractivity contribution is 6.00. The number of benzene rings is 4. The molecular formula is C48H54N2+2. The van der Waals surface area contributed by atoms with E-state index < -0.39 is 5.66 Å². The number of rotatable bonds is 0. The number of hydrogen-bond donors (Lipinski definition) is 0. The maximum Gasteiger partial charge on any atom is 0.345 e. The third-order valence-electron chi connectivity index (χ3n) is 12.4. The van der Waals surface area contributed by atoms with Crippen molar-refractivity contribution in [1.29, 1.82) is 0 Å². The molecule has 2 aliphatic heterocycles. The molecule has 0 bridgehead atoms. The molecule has 50 heavy (non-hydrogen) atoms. The van der Waals surface area contributed by atoms with Crippen molar-refractivity contribution in [3.05, 3.63) is 142 Å². The molecule has 254 valence electrons. The summed E-state index contributed by atoms with van der Waals surface area (Å²) in [5.74, 6) is 0. The Bertz CT molecular complexity index is 2330. The molecule has 3 aliphatic rings. The minimum absolute atomic E-state index is 0.0218. The van der Waals surface area contributed by atoms with E-state index in [-0.39, 0.29) is 16.2 Å². The van der Waals surface area contributed by atoms with Crippen molar-refractivity contribution >= 4 is 16.5 Å². The van der Waals surface area contributed by atoms with Gasteiger partial charge in [-0.15, -0.1) is 4.57 Å². The summed E-state index contributed by atoms with van der Waals surface area (Å²) < 4.78 is 3.29. The Hall–Kier alpha value is -4.27. The fourth-order valence-corrected chi connectivity index (χ4v) is 9.81. The van der Waals surface area contributed by atoms with Crippen LogP contribution in [0.1, 0.15) is 107 Å². The van der Waals surface area contributed by atoms with E-state index in [4.69, 9.17) is 0 Å². The maximum absolute atomic E-state index is 2.63. The highest BCUT2D eigenvalue weighted by atomic mass is 15.5. The molecule has 0 saturated heterocycles. The summed E-state index contributed by atoms with van der Waals surface area (Å²) >= 11 is 0. The second-order valence-corrected chi connectivity index (χ2v) is 18.3. The highest BCUT2D eigenvalue weighted by Gasteiger charge is 2.64. The number of allylic oxidation sites excluding steroid dienone is 2. The van der Waals surface area contributed by atoms with E-state index in [1.54, 1.807) is 0 Å². The smallest absolute Gasteiger partial charge is 0.228 e. The molecule has 0 fully saturated rings. The zero-order chi connectivity index (χ0) is 35.8. The Morgan fingerprint density at radius 2 is 1.42 bits per heavy atom. The Morgan fingerprint density at radius 1 is 0.740 bits per heavy atom. The molecule has 1 spiro atoms. The number of pyridine rings is 1. The number of aryl methyl sites for hydroxylation is 1. The van der Waals surface area contributed by atoms with Gasteiger partial charge in [-0.3, -0.25) is 0 Å². The molecule has 0 amide bonds. The molecular weight excluding hydrogens is 605 g/mol. The van der Waals surface area contributed by atoms with E-state index in [0.717, 1.165) is 6.42 Å². The van der Waals surface area contributed by atoms with Crippen molar-refractivity contribution in [3.8, 4) is 22.4 Å². The summed E-state index contributed by atoms with van der Waals surface area (Å²) in [6, 6.07) is 28.7. The van der Waals surface area contributed by atoms with Crippen LogP contribution in [0.4, 0.5) is 0 Å². The van der Waals surface area contributed by atoms with Crippen LogP contribution in [0.3, 0.4) is 0 Å². The van der Waals surface area contributed by atoms with Gasteiger partial charge in [0.2, 0.25) is 5.69 Å². The van der Waals surface area contributed by atoms with Crippen LogP contribution in [-0.2, 0) is 28.3 Å². The zero-order valence-corrected chi connectivity index (χ0v) is 32.3. The van der Waals surface area contributed by atoms with E-state index in [0.29, 0.717) is 4.48 Å². The fourth-order valence-electron chi connectivity index (χ4n) is 9.81. The van der Waals surface area contributed by atoms with Gasteiger partial charge in [-0.25, -0.2) is 4.48 Å². The summed E-state index contributed by atoms with van der Waals surface area (Å²) in [6.07, 6.45) is 10.7. The summed E-state index contributed by atoms with van der Waals surface area (Å²) in [4.78, 5) is 0. The van der Waals surface area contributed by atoms with Gasteiger partial charge in [0.15, 0.2) is 6.20 Å². The molecule has 0 saturated carbocycles. The minimum atomic E-state index is -0.489. The summed E-state index contributed by atoms with van der Waals surface area (Å²) in [5, 5.41) is 2.70. The van der Waals surface area contributed by atoms with Gasteiger partial charge < -0.3 is 0 Å². The first-order valence-corrected chi connectivity index (χ1v) is 18.5. The summed E-state index contributed by atoms with van der Waals surface area (Å²) in [7, 11) is 4.87. The molecule has 0 N–H and O–H groups in total. The Balaban J connectivity index is 1.47. The van der Waals surface area contributed by atoms with Gasteiger partial charge in [0.1, 0.15) is 11.3 Å². The lowest BCUT2D eigenvalue weighted by Crippen LogP contribution is -2.70. The molecule has 8 rings (SSSR count). The second-order valence-electron chi connectivity index (χ2n) is 18.3. The normalized spacial score (nSPS) is 21.3. The third-order valence-corrected chi connectivity index (χ3v) is 12.4. The lowest BCUT2D eigenvalue weighted by molar-refractivity contribution is -1.03. The van der Waals surface area contributed by atoms with Gasteiger partial charge in [-0.1, -0.05) is 116 Å². The second kappa shape index (κ2) is 10.4. The molecule has 1 unspecified atom stereocenters. The van der Waals surface area contributed by atoms with Crippen molar-refractivity contribution in [3.63, 3.8) is 0 Å². The number of fused-ring (bicyclic) bond motifs is 12. The molecule has 0 radical (unpaired) electrons. The molecule has 1 aromatic heterocycles. The van der Waals surface area contributed by atoms with Crippen molar-refractivity contribution in [2.45, 2.75) is 97.6 Å². The van der Waals surface area contributed by atoms with Crippen LogP contribution in [-0.4, -0.2) is 18.6 Å². The quantitative estimate of drug-likeness (QED) is 0.0886. The molecule has 2 heteroatoms. The summed E-state index contributed by atoms with van der Waals surface area (Å²) in [5.41, 5.74) is 17.4. The maximum atomic E-state index is 2.63. The highest BCUT2D eigenvalue weighted by Crippen LogP contribution is 2.59. The van der Waals surface area contributed by atoms with E-state index in [1.165, 1.54) is 83.4 Å². The molecule has 5 aromatic rings. The van der Waals surface area contributed by atoms with E-state index in [2.05, 4.69) is 185 Å². The van der Waals surface area contributed by atoms with E-state index in [1.807, 2.05) is 0 Å². The molecule has 2 nitrogen and oxygen atoms in total. The van der Waals surface area contributed by atoms with Crippen LogP contribution < -0.4 is 4.57 Å². The third kappa shape index (κ3) is 4.27. The number of nitrogens with zero attached hydrogens (tertiary/aromatic N) is 2. The first kappa shape index (κ1) is 32.9. The van der Waals surface area contributed by atoms with Crippen molar-refractivity contribution < 1.29 is 9.05 Å². The average Bonchev–Trinajstić information content (AvgIpc) is 3.46. The Kier molecular flexibility index (Phi) is 6.84. The monoisotopic (exact) mass is 658 g/mol. The number of likely N-dealkylation sites (N-methyl/N-ethyl adjacent to an activating group) is 1. The topological polar surface area (TPSA) is 3.88 Å².